The second kappa shape index (κ2) is 8.51. The predicted octanol–water partition coefficient (Wildman–Crippen LogP) is 4.47. The van der Waals surface area contributed by atoms with Gasteiger partial charge in [0, 0.05) is 10.6 Å². The maximum atomic E-state index is 13.0. The number of hydrogen-bond donors (Lipinski definition) is 1. The van der Waals surface area contributed by atoms with Gasteiger partial charge in [0.05, 0.1) is 18.3 Å². The molecule has 0 aliphatic rings. The van der Waals surface area contributed by atoms with Crippen molar-refractivity contribution in [3.8, 4) is 16.2 Å². The molecule has 0 atom stereocenters. The molecule has 1 N–H and O–H groups in total. The summed E-state index contributed by atoms with van der Waals surface area (Å²) in [6.07, 6.45) is 1.44. The van der Waals surface area contributed by atoms with Crippen LogP contribution in [0.1, 0.15) is 12.5 Å². The molecular weight excluding hydrogens is 398 g/mol. The minimum absolute atomic E-state index is 0.106. The fourth-order valence-electron chi connectivity index (χ4n) is 3.29. The van der Waals surface area contributed by atoms with Gasteiger partial charge < -0.3 is 10.1 Å². The molecule has 0 aliphatic heterocycles. The standard InChI is InChI=1S/C23H21N3O3S/c1-3-29-18-11-9-17(10-12-18)25-19(27)13-26-14-24-22-20(23(26)28)15(2)21(30-22)16-7-5-4-6-8-16/h4-12,14H,3,13H2,1-2H3,(H,25,27). The van der Waals surface area contributed by atoms with Gasteiger partial charge in [-0.15, -0.1) is 11.3 Å². The molecule has 2 aromatic carbocycles. The number of carbonyl (C=O) groups excluding carboxylic acids is 1. The van der Waals surface area contributed by atoms with E-state index in [1.807, 2.05) is 44.2 Å². The Labute approximate surface area is 177 Å². The highest BCUT2D eigenvalue weighted by atomic mass is 32.1. The summed E-state index contributed by atoms with van der Waals surface area (Å²) in [6.45, 7) is 4.31. The summed E-state index contributed by atoms with van der Waals surface area (Å²) >= 11 is 1.49. The van der Waals surface area contributed by atoms with Gasteiger partial charge in [-0.25, -0.2) is 4.98 Å². The molecule has 0 bridgehead atoms. The number of aromatic nitrogens is 2. The Bertz CT molecular complexity index is 1240. The molecule has 0 unspecified atom stereocenters. The number of carbonyl (C=O) groups is 1. The highest BCUT2D eigenvalue weighted by Gasteiger charge is 2.16. The summed E-state index contributed by atoms with van der Waals surface area (Å²) in [6, 6.07) is 17.0. The first-order valence-electron chi connectivity index (χ1n) is 9.63. The van der Waals surface area contributed by atoms with Gasteiger partial charge in [0.25, 0.3) is 5.56 Å². The van der Waals surface area contributed by atoms with Crippen molar-refractivity contribution in [1.29, 1.82) is 0 Å². The van der Waals surface area contributed by atoms with E-state index in [-0.39, 0.29) is 18.0 Å². The van der Waals surface area contributed by atoms with Crippen molar-refractivity contribution in [2.75, 3.05) is 11.9 Å². The first kappa shape index (κ1) is 19.8. The zero-order valence-electron chi connectivity index (χ0n) is 16.7. The second-order valence-corrected chi connectivity index (χ2v) is 7.78. The van der Waals surface area contributed by atoms with Crippen LogP contribution >= 0.6 is 11.3 Å². The van der Waals surface area contributed by atoms with Gasteiger partial charge in [0.1, 0.15) is 17.1 Å². The normalized spacial score (nSPS) is 10.9. The summed E-state index contributed by atoms with van der Waals surface area (Å²) in [5, 5.41) is 3.37. The molecule has 2 aromatic heterocycles. The Morgan fingerprint density at radius 2 is 1.87 bits per heavy atom. The maximum absolute atomic E-state index is 13.0. The number of fused-ring (bicyclic) bond motifs is 1. The molecule has 0 saturated carbocycles. The smallest absolute Gasteiger partial charge is 0.262 e. The molecular formula is C23H21N3O3S. The van der Waals surface area contributed by atoms with Crippen molar-refractivity contribution in [3.63, 3.8) is 0 Å². The summed E-state index contributed by atoms with van der Waals surface area (Å²) in [4.78, 5) is 31.6. The lowest BCUT2D eigenvalue weighted by atomic mass is 10.1. The van der Waals surface area contributed by atoms with E-state index in [9.17, 15) is 9.59 Å². The topological polar surface area (TPSA) is 73.2 Å². The SMILES string of the molecule is CCOc1ccc(NC(=O)Cn2cnc3sc(-c4ccccc4)c(C)c3c2=O)cc1. The third-order valence-electron chi connectivity index (χ3n) is 4.72. The molecule has 0 aliphatic carbocycles. The average Bonchev–Trinajstić information content (AvgIpc) is 3.09. The van der Waals surface area contributed by atoms with Crippen LogP contribution in [0.15, 0.2) is 65.7 Å². The molecule has 7 heteroatoms. The summed E-state index contributed by atoms with van der Waals surface area (Å²) in [5.41, 5.74) is 2.37. The van der Waals surface area contributed by atoms with E-state index >= 15 is 0 Å². The van der Waals surface area contributed by atoms with Crippen molar-refractivity contribution in [3.05, 3.63) is 76.8 Å². The number of aryl methyl sites for hydroxylation is 1. The number of nitrogens with zero attached hydrogens (tertiary/aromatic N) is 2. The van der Waals surface area contributed by atoms with Crippen LogP contribution in [0, 0.1) is 6.92 Å². The Hall–Kier alpha value is -3.45. The van der Waals surface area contributed by atoms with Crippen LogP contribution in [-0.4, -0.2) is 22.1 Å². The molecule has 0 saturated heterocycles. The molecule has 4 aromatic rings. The van der Waals surface area contributed by atoms with Gasteiger partial charge in [-0.2, -0.15) is 0 Å². The van der Waals surface area contributed by atoms with E-state index < -0.39 is 0 Å². The first-order chi connectivity index (χ1) is 14.6. The Balaban J connectivity index is 1.57. The quantitative estimate of drug-likeness (QED) is 0.500. The zero-order chi connectivity index (χ0) is 21.1. The minimum Gasteiger partial charge on any atom is -0.494 e. The van der Waals surface area contributed by atoms with E-state index in [1.165, 1.54) is 22.2 Å². The highest BCUT2D eigenvalue weighted by Crippen LogP contribution is 2.35. The molecule has 0 radical (unpaired) electrons. The van der Waals surface area contributed by atoms with Crippen LogP contribution in [-0.2, 0) is 11.3 Å². The molecule has 2 heterocycles. The van der Waals surface area contributed by atoms with Gasteiger partial charge in [-0.3, -0.25) is 14.2 Å². The molecule has 6 nitrogen and oxygen atoms in total. The van der Waals surface area contributed by atoms with Crippen molar-refractivity contribution >= 4 is 33.1 Å². The number of thiophene rings is 1. The van der Waals surface area contributed by atoms with Crippen LogP contribution < -0.4 is 15.6 Å². The molecule has 0 fully saturated rings. The van der Waals surface area contributed by atoms with Crippen LogP contribution in [0.3, 0.4) is 0 Å². The van der Waals surface area contributed by atoms with Crippen LogP contribution in [0.4, 0.5) is 5.69 Å². The number of ether oxygens (including phenoxy) is 1. The zero-order valence-corrected chi connectivity index (χ0v) is 17.5. The second-order valence-electron chi connectivity index (χ2n) is 6.79. The van der Waals surface area contributed by atoms with E-state index in [0.29, 0.717) is 22.5 Å². The number of hydrogen-bond acceptors (Lipinski definition) is 5. The number of nitrogens with one attached hydrogen (secondary N) is 1. The Morgan fingerprint density at radius 1 is 1.13 bits per heavy atom. The van der Waals surface area contributed by atoms with Crippen molar-refractivity contribution < 1.29 is 9.53 Å². The maximum Gasteiger partial charge on any atom is 0.262 e. The Kier molecular flexibility index (Phi) is 5.63. The van der Waals surface area contributed by atoms with Gasteiger partial charge >= 0.3 is 0 Å². The summed E-state index contributed by atoms with van der Waals surface area (Å²) < 4.78 is 6.75. The highest BCUT2D eigenvalue weighted by molar-refractivity contribution is 7.22. The third kappa shape index (κ3) is 3.97. The number of anilines is 1. The lowest BCUT2D eigenvalue weighted by Crippen LogP contribution is -2.27. The minimum atomic E-state index is -0.293. The van der Waals surface area contributed by atoms with E-state index in [1.54, 1.807) is 24.3 Å². The first-order valence-corrected chi connectivity index (χ1v) is 10.4. The average molecular weight is 420 g/mol. The monoisotopic (exact) mass is 419 g/mol. The molecule has 4 rings (SSSR count). The Morgan fingerprint density at radius 3 is 2.57 bits per heavy atom. The van der Waals surface area contributed by atoms with Gasteiger partial charge in [-0.05, 0) is 49.2 Å². The fraction of sp³-hybridized carbons (Fsp3) is 0.174. The molecule has 0 spiro atoms. The number of amides is 1. The van der Waals surface area contributed by atoms with Crippen LogP contribution in [0.5, 0.6) is 5.75 Å². The van der Waals surface area contributed by atoms with Crippen molar-refractivity contribution in [1.82, 2.24) is 9.55 Å². The van der Waals surface area contributed by atoms with E-state index in [2.05, 4.69) is 10.3 Å². The number of benzene rings is 2. The lowest BCUT2D eigenvalue weighted by molar-refractivity contribution is -0.116. The van der Waals surface area contributed by atoms with E-state index in [0.717, 1.165) is 21.8 Å². The van der Waals surface area contributed by atoms with E-state index in [4.69, 9.17) is 4.74 Å². The van der Waals surface area contributed by atoms with Gasteiger partial charge in [0.2, 0.25) is 5.91 Å². The molecule has 1 amide bonds. The predicted molar refractivity (Wildman–Crippen MR) is 120 cm³/mol. The fourth-order valence-corrected chi connectivity index (χ4v) is 4.44. The molecule has 30 heavy (non-hydrogen) atoms. The third-order valence-corrected chi connectivity index (χ3v) is 5.97. The summed E-state index contributed by atoms with van der Waals surface area (Å²) in [7, 11) is 0. The number of rotatable bonds is 6. The largest absolute Gasteiger partial charge is 0.494 e. The molecule has 152 valence electrons. The van der Waals surface area contributed by atoms with Gasteiger partial charge in [0.15, 0.2) is 0 Å². The summed E-state index contributed by atoms with van der Waals surface area (Å²) in [5.74, 6) is 0.446. The van der Waals surface area contributed by atoms with Gasteiger partial charge in [-0.1, -0.05) is 30.3 Å². The van der Waals surface area contributed by atoms with Crippen LogP contribution in [0.25, 0.3) is 20.7 Å². The lowest BCUT2D eigenvalue weighted by Gasteiger charge is -2.08. The van der Waals surface area contributed by atoms with Crippen molar-refractivity contribution in [2.45, 2.75) is 20.4 Å². The van der Waals surface area contributed by atoms with Crippen LogP contribution in [0.2, 0.25) is 0 Å². The van der Waals surface area contributed by atoms with Crippen molar-refractivity contribution in [2.24, 2.45) is 0 Å².